The third-order valence-electron chi connectivity index (χ3n) is 4.97. The molecule has 2 aromatic rings. The molecule has 1 aromatic heterocycles. The first-order valence-electron chi connectivity index (χ1n) is 8.75. The first-order valence-corrected chi connectivity index (χ1v) is 10.2. The van der Waals surface area contributed by atoms with Crippen molar-refractivity contribution in [2.24, 2.45) is 5.73 Å². The largest absolute Gasteiger partial charge is 0.495 e. The van der Waals surface area contributed by atoms with Gasteiger partial charge in [0.2, 0.25) is 10.0 Å². The highest BCUT2D eigenvalue weighted by atomic mass is 32.2. The topological polar surface area (TPSA) is 120 Å². The molecule has 0 saturated heterocycles. The lowest BCUT2D eigenvalue weighted by molar-refractivity contribution is 0.372. The van der Waals surface area contributed by atoms with E-state index in [1.165, 1.54) is 13.2 Å². The third kappa shape index (κ3) is 3.22. The maximum atomic E-state index is 12.6. The predicted octanol–water partition coefficient (Wildman–Crippen LogP) is 1.91. The molecule has 140 valence electrons. The molecule has 0 spiro atoms. The fourth-order valence-electron chi connectivity index (χ4n) is 3.28. The summed E-state index contributed by atoms with van der Waals surface area (Å²) >= 11 is 0. The van der Waals surface area contributed by atoms with E-state index in [2.05, 4.69) is 14.9 Å². The summed E-state index contributed by atoms with van der Waals surface area (Å²) in [6.45, 7) is 0. The van der Waals surface area contributed by atoms with Crippen LogP contribution >= 0.6 is 0 Å². The number of hydrogen-bond donors (Lipinski definition) is 2. The molecule has 0 bridgehead atoms. The van der Waals surface area contributed by atoms with E-state index >= 15 is 0 Å². The van der Waals surface area contributed by atoms with Crippen molar-refractivity contribution in [1.82, 2.24) is 14.9 Å². The van der Waals surface area contributed by atoms with Crippen LogP contribution in [0.1, 0.15) is 44.3 Å². The zero-order valence-electron chi connectivity index (χ0n) is 14.6. The van der Waals surface area contributed by atoms with Crippen LogP contribution in [-0.2, 0) is 15.6 Å². The molecule has 2 fully saturated rings. The quantitative estimate of drug-likeness (QED) is 0.787. The second kappa shape index (κ2) is 6.33. The van der Waals surface area contributed by atoms with Crippen LogP contribution in [0, 0.1) is 0 Å². The SMILES string of the molecule is COc1ccc(-c2nc(C3(N)CCCC3)no2)cc1S(=O)(=O)NC1CC1. The molecule has 0 atom stereocenters. The molecular weight excluding hydrogens is 356 g/mol. The van der Waals surface area contributed by atoms with Gasteiger partial charge in [-0.3, -0.25) is 0 Å². The van der Waals surface area contributed by atoms with Crippen molar-refractivity contribution >= 4 is 10.0 Å². The Hall–Kier alpha value is -1.97. The molecule has 0 aliphatic heterocycles. The summed E-state index contributed by atoms with van der Waals surface area (Å²) in [7, 11) is -2.24. The first-order chi connectivity index (χ1) is 12.4. The minimum absolute atomic E-state index is 0.00262. The van der Waals surface area contributed by atoms with Gasteiger partial charge >= 0.3 is 0 Å². The Bertz CT molecular complexity index is 915. The van der Waals surface area contributed by atoms with E-state index in [0.29, 0.717) is 11.4 Å². The lowest BCUT2D eigenvalue weighted by atomic mass is 9.99. The number of nitrogens with two attached hydrogens (primary N) is 1. The van der Waals surface area contributed by atoms with Crippen LogP contribution in [0.2, 0.25) is 0 Å². The number of rotatable bonds is 6. The molecule has 9 heteroatoms. The number of aromatic nitrogens is 2. The van der Waals surface area contributed by atoms with E-state index in [-0.39, 0.29) is 22.6 Å². The van der Waals surface area contributed by atoms with E-state index in [1.807, 2.05) is 0 Å². The zero-order valence-corrected chi connectivity index (χ0v) is 15.4. The Balaban J connectivity index is 1.69. The molecule has 1 aromatic carbocycles. The van der Waals surface area contributed by atoms with E-state index in [4.69, 9.17) is 15.0 Å². The molecule has 0 radical (unpaired) electrons. The standard InChI is InChI=1S/C17H22N4O4S/c1-24-13-7-4-11(10-14(13)26(22,23)21-12-5-6-12)15-19-16(20-25-15)17(18)8-2-3-9-17/h4,7,10,12,21H,2-3,5-6,8-9,18H2,1H3. The fourth-order valence-corrected chi connectivity index (χ4v) is 4.78. The Morgan fingerprint density at radius 3 is 2.69 bits per heavy atom. The Morgan fingerprint density at radius 1 is 1.31 bits per heavy atom. The highest BCUT2D eigenvalue weighted by Gasteiger charge is 2.36. The summed E-state index contributed by atoms with van der Waals surface area (Å²) in [6, 6.07) is 4.79. The van der Waals surface area contributed by atoms with Crippen molar-refractivity contribution in [2.45, 2.75) is 55.0 Å². The van der Waals surface area contributed by atoms with Crippen molar-refractivity contribution in [3.8, 4) is 17.2 Å². The van der Waals surface area contributed by atoms with Crippen molar-refractivity contribution in [3.05, 3.63) is 24.0 Å². The number of nitrogens with zero attached hydrogens (tertiary/aromatic N) is 2. The molecule has 8 nitrogen and oxygen atoms in total. The van der Waals surface area contributed by atoms with E-state index < -0.39 is 15.6 Å². The minimum Gasteiger partial charge on any atom is -0.495 e. The van der Waals surface area contributed by atoms with Crippen LogP contribution in [0.5, 0.6) is 5.75 Å². The van der Waals surface area contributed by atoms with Crippen LogP contribution in [0.25, 0.3) is 11.5 Å². The molecule has 2 aliphatic rings. The lowest BCUT2D eigenvalue weighted by Crippen LogP contribution is -2.34. The number of nitrogens with one attached hydrogen (secondary N) is 1. The van der Waals surface area contributed by atoms with Crippen LogP contribution in [0.3, 0.4) is 0 Å². The highest BCUT2D eigenvalue weighted by molar-refractivity contribution is 7.89. The summed E-state index contributed by atoms with van der Waals surface area (Å²) in [5.41, 5.74) is 6.32. The number of methoxy groups -OCH3 is 1. The minimum atomic E-state index is -3.68. The molecule has 0 unspecified atom stereocenters. The second-order valence-electron chi connectivity index (χ2n) is 7.05. The molecule has 4 rings (SSSR count). The van der Waals surface area contributed by atoms with Crippen molar-refractivity contribution in [3.63, 3.8) is 0 Å². The monoisotopic (exact) mass is 378 g/mol. The molecule has 2 saturated carbocycles. The fraction of sp³-hybridized carbons (Fsp3) is 0.529. The summed E-state index contributed by atoms with van der Waals surface area (Å²) in [4.78, 5) is 4.49. The maximum absolute atomic E-state index is 12.6. The van der Waals surface area contributed by atoms with Gasteiger partial charge in [0.25, 0.3) is 5.89 Å². The molecular formula is C17H22N4O4S. The van der Waals surface area contributed by atoms with Gasteiger partial charge < -0.3 is 15.0 Å². The van der Waals surface area contributed by atoms with Crippen LogP contribution in [0.15, 0.2) is 27.6 Å². The van der Waals surface area contributed by atoms with Gasteiger partial charge in [-0.15, -0.1) is 0 Å². The molecule has 2 aliphatic carbocycles. The van der Waals surface area contributed by atoms with Crippen LogP contribution in [-0.4, -0.2) is 31.7 Å². The first kappa shape index (κ1) is 17.4. The van der Waals surface area contributed by atoms with Gasteiger partial charge in [0.05, 0.1) is 12.6 Å². The van der Waals surface area contributed by atoms with Gasteiger partial charge in [-0.05, 0) is 43.9 Å². The smallest absolute Gasteiger partial charge is 0.258 e. The lowest BCUT2D eigenvalue weighted by Gasteiger charge is -2.17. The summed E-state index contributed by atoms with van der Waals surface area (Å²) in [5, 5.41) is 4.03. The van der Waals surface area contributed by atoms with E-state index in [1.54, 1.807) is 12.1 Å². The molecule has 1 heterocycles. The number of hydrogen-bond acceptors (Lipinski definition) is 7. The van der Waals surface area contributed by atoms with Gasteiger partial charge in [-0.25, -0.2) is 13.1 Å². The molecule has 3 N–H and O–H groups in total. The molecule has 26 heavy (non-hydrogen) atoms. The Labute approximate surface area is 152 Å². The van der Waals surface area contributed by atoms with Gasteiger partial charge in [0.1, 0.15) is 10.6 Å². The molecule has 0 amide bonds. The van der Waals surface area contributed by atoms with Crippen molar-refractivity contribution in [1.29, 1.82) is 0 Å². The summed E-state index contributed by atoms with van der Waals surface area (Å²) in [5.74, 6) is 0.997. The third-order valence-corrected chi connectivity index (χ3v) is 6.51. The van der Waals surface area contributed by atoms with Crippen molar-refractivity contribution in [2.75, 3.05) is 7.11 Å². The Morgan fingerprint density at radius 2 is 2.04 bits per heavy atom. The summed E-state index contributed by atoms with van der Waals surface area (Å²) < 4.78 is 38.5. The maximum Gasteiger partial charge on any atom is 0.258 e. The summed E-state index contributed by atoms with van der Waals surface area (Å²) in [6.07, 6.45) is 5.43. The second-order valence-corrected chi connectivity index (χ2v) is 8.73. The van der Waals surface area contributed by atoms with Gasteiger partial charge in [-0.2, -0.15) is 4.98 Å². The average molecular weight is 378 g/mol. The normalized spacial score (nSPS) is 19.6. The van der Waals surface area contributed by atoms with E-state index in [9.17, 15) is 8.42 Å². The van der Waals surface area contributed by atoms with Gasteiger partial charge in [0.15, 0.2) is 5.82 Å². The number of sulfonamides is 1. The van der Waals surface area contributed by atoms with Crippen LogP contribution < -0.4 is 15.2 Å². The van der Waals surface area contributed by atoms with Crippen LogP contribution in [0.4, 0.5) is 0 Å². The predicted molar refractivity (Wildman–Crippen MR) is 94.0 cm³/mol. The van der Waals surface area contributed by atoms with Gasteiger partial charge in [0, 0.05) is 11.6 Å². The Kier molecular flexibility index (Phi) is 4.25. The highest BCUT2D eigenvalue weighted by Crippen LogP contribution is 2.36. The number of ether oxygens (including phenoxy) is 1. The van der Waals surface area contributed by atoms with Crippen molar-refractivity contribution < 1.29 is 17.7 Å². The van der Waals surface area contributed by atoms with E-state index in [0.717, 1.165) is 38.5 Å². The zero-order chi connectivity index (χ0) is 18.4. The number of benzene rings is 1. The average Bonchev–Trinajstić information content (AvgIpc) is 3.11. The van der Waals surface area contributed by atoms with Gasteiger partial charge in [-0.1, -0.05) is 18.0 Å².